The Hall–Kier alpha value is -1.73. The number of likely N-dealkylation sites (tertiary alicyclic amines) is 1. The van der Waals surface area contributed by atoms with Crippen molar-refractivity contribution in [1.82, 2.24) is 10.2 Å². The Morgan fingerprint density at radius 2 is 1.92 bits per heavy atom. The van der Waals surface area contributed by atoms with Gasteiger partial charge in [-0.2, -0.15) is 8.78 Å². The molecule has 1 atom stereocenters. The fourth-order valence-electron chi connectivity index (χ4n) is 2.88. The predicted octanol–water partition coefficient (Wildman–Crippen LogP) is 2.05. The van der Waals surface area contributed by atoms with Gasteiger partial charge < -0.3 is 16.0 Å². The third-order valence-corrected chi connectivity index (χ3v) is 4.20. The SMILES string of the molecule is Cl.NCCC(=O)NCC1CCCCN1C(=O)C(F)(F)c1ccccc1. The fraction of sp³-hybridized carbons (Fsp3) is 0.529. The summed E-state index contributed by atoms with van der Waals surface area (Å²) in [5.74, 6) is -5.00. The first-order chi connectivity index (χ1) is 11.5. The number of halogens is 3. The number of amides is 2. The average Bonchev–Trinajstić information content (AvgIpc) is 2.60. The molecule has 3 N–H and O–H groups in total. The summed E-state index contributed by atoms with van der Waals surface area (Å²) in [5.41, 5.74) is 5.00. The topological polar surface area (TPSA) is 75.4 Å². The van der Waals surface area contributed by atoms with Crippen molar-refractivity contribution >= 4 is 24.2 Å². The summed E-state index contributed by atoms with van der Waals surface area (Å²) >= 11 is 0. The standard InChI is InChI=1S/C17H23F2N3O2.ClH/c18-17(19,13-6-2-1-3-7-13)16(24)22-11-5-4-8-14(22)12-21-15(23)9-10-20;/h1-3,6-7,14H,4-5,8-12,20H2,(H,21,23);1H. The zero-order chi connectivity index (χ0) is 17.6. The van der Waals surface area contributed by atoms with E-state index in [0.717, 1.165) is 6.42 Å². The molecule has 25 heavy (non-hydrogen) atoms. The number of nitrogens with one attached hydrogen (secondary N) is 1. The van der Waals surface area contributed by atoms with Gasteiger partial charge in [0.15, 0.2) is 0 Å². The summed E-state index contributed by atoms with van der Waals surface area (Å²) in [6.07, 6.45) is 2.31. The third-order valence-electron chi connectivity index (χ3n) is 4.20. The zero-order valence-corrected chi connectivity index (χ0v) is 14.7. The molecule has 1 aromatic carbocycles. The molecule has 140 valence electrons. The summed E-state index contributed by atoms with van der Waals surface area (Å²) in [6.45, 7) is 0.680. The highest BCUT2D eigenvalue weighted by Crippen LogP contribution is 2.32. The van der Waals surface area contributed by atoms with Crippen molar-refractivity contribution in [3.05, 3.63) is 35.9 Å². The van der Waals surface area contributed by atoms with Gasteiger partial charge in [-0.25, -0.2) is 0 Å². The molecule has 8 heteroatoms. The normalized spacial score (nSPS) is 17.6. The van der Waals surface area contributed by atoms with Crippen LogP contribution in [0.5, 0.6) is 0 Å². The van der Waals surface area contributed by atoms with Crippen LogP contribution in [-0.2, 0) is 15.5 Å². The van der Waals surface area contributed by atoms with E-state index in [1.807, 2.05) is 0 Å². The van der Waals surface area contributed by atoms with Gasteiger partial charge in [-0.1, -0.05) is 30.3 Å². The highest BCUT2D eigenvalue weighted by molar-refractivity contribution is 5.85. The molecule has 1 fully saturated rings. The lowest BCUT2D eigenvalue weighted by Crippen LogP contribution is -2.53. The Bertz CT molecular complexity index is 572. The van der Waals surface area contributed by atoms with Gasteiger partial charge in [-0.15, -0.1) is 12.4 Å². The van der Waals surface area contributed by atoms with Crippen LogP contribution in [0.2, 0.25) is 0 Å². The summed E-state index contributed by atoms with van der Waals surface area (Å²) < 4.78 is 29.1. The molecule has 0 saturated carbocycles. The molecule has 0 bridgehead atoms. The van der Waals surface area contributed by atoms with E-state index in [0.29, 0.717) is 12.8 Å². The van der Waals surface area contributed by atoms with Gasteiger partial charge in [-0.3, -0.25) is 9.59 Å². The van der Waals surface area contributed by atoms with Crippen LogP contribution in [0.3, 0.4) is 0 Å². The molecule has 5 nitrogen and oxygen atoms in total. The molecule has 0 aromatic heterocycles. The molecule has 0 radical (unpaired) electrons. The highest BCUT2D eigenvalue weighted by atomic mass is 35.5. The molecule has 0 spiro atoms. The highest BCUT2D eigenvalue weighted by Gasteiger charge is 2.46. The average molecular weight is 376 g/mol. The van der Waals surface area contributed by atoms with Gasteiger partial charge in [-0.05, 0) is 19.3 Å². The van der Waals surface area contributed by atoms with Crippen LogP contribution in [0.25, 0.3) is 0 Å². The first-order valence-corrected chi connectivity index (χ1v) is 8.18. The smallest absolute Gasteiger partial charge is 0.349 e. The number of rotatable bonds is 6. The number of benzene rings is 1. The summed E-state index contributed by atoms with van der Waals surface area (Å²) in [4.78, 5) is 25.2. The monoisotopic (exact) mass is 375 g/mol. The number of carbonyl (C=O) groups excluding carboxylic acids is 2. The molecule has 1 heterocycles. The Morgan fingerprint density at radius 1 is 1.24 bits per heavy atom. The van der Waals surface area contributed by atoms with E-state index in [2.05, 4.69) is 5.32 Å². The van der Waals surface area contributed by atoms with E-state index in [1.165, 1.54) is 29.2 Å². The van der Waals surface area contributed by atoms with Crippen molar-refractivity contribution in [3.63, 3.8) is 0 Å². The zero-order valence-electron chi connectivity index (χ0n) is 13.9. The number of nitrogens with two attached hydrogens (primary N) is 1. The number of carbonyl (C=O) groups is 2. The van der Waals surface area contributed by atoms with Crippen LogP contribution in [0.1, 0.15) is 31.2 Å². The van der Waals surface area contributed by atoms with E-state index in [1.54, 1.807) is 6.07 Å². The summed E-state index contributed by atoms with van der Waals surface area (Å²) in [6, 6.07) is 6.68. The van der Waals surface area contributed by atoms with Crippen LogP contribution in [-0.4, -0.2) is 42.4 Å². The minimum atomic E-state index is -3.57. The Balaban J connectivity index is 0.00000312. The van der Waals surface area contributed by atoms with Crippen LogP contribution >= 0.6 is 12.4 Å². The molecule has 1 aromatic rings. The molecule has 2 rings (SSSR count). The molecule has 1 unspecified atom stereocenters. The van der Waals surface area contributed by atoms with Crippen molar-refractivity contribution in [2.75, 3.05) is 19.6 Å². The van der Waals surface area contributed by atoms with Crippen molar-refractivity contribution in [2.45, 2.75) is 37.6 Å². The first-order valence-electron chi connectivity index (χ1n) is 8.18. The number of hydrogen-bond acceptors (Lipinski definition) is 3. The van der Waals surface area contributed by atoms with Gasteiger partial charge in [0.25, 0.3) is 5.91 Å². The molecule has 1 saturated heterocycles. The largest absolute Gasteiger partial charge is 0.354 e. The second-order valence-corrected chi connectivity index (χ2v) is 5.93. The lowest BCUT2D eigenvalue weighted by Gasteiger charge is -2.37. The fourth-order valence-corrected chi connectivity index (χ4v) is 2.88. The predicted molar refractivity (Wildman–Crippen MR) is 93.6 cm³/mol. The van der Waals surface area contributed by atoms with E-state index >= 15 is 0 Å². The van der Waals surface area contributed by atoms with Gasteiger partial charge in [0.1, 0.15) is 0 Å². The van der Waals surface area contributed by atoms with Gasteiger partial charge in [0.05, 0.1) is 0 Å². The van der Waals surface area contributed by atoms with E-state index in [4.69, 9.17) is 5.73 Å². The Labute approximate surface area is 152 Å². The van der Waals surface area contributed by atoms with Crippen molar-refractivity contribution < 1.29 is 18.4 Å². The van der Waals surface area contributed by atoms with Crippen LogP contribution < -0.4 is 11.1 Å². The third kappa shape index (κ3) is 5.37. The molecule has 1 aliphatic heterocycles. The summed E-state index contributed by atoms with van der Waals surface area (Å²) in [7, 11) is 0. The van der Waals surface area contributed by atoms with Crippen LogP contribution in [0.4, 0.5) is 8.78 Å². The van der Waals surface area contributed by atoms with Crippen molar-refractivity contribution in [2.24, 2.45) is 5.73 Å². The Kier molecular flexibility index (Phi) is 8.25. The minimum absolute atomic E-state index is 0. The maximum atomic E-state index is 14.5. The maximum absolute atomic E-state index is 14.5. The molecular weight excluding hydrogens is 352 g/mol. The lowest BCUT2D eigenvalue weighted by atomic mass is 9.99. The lowest BCUT2D eigenvalue weighted by molar-refractivity contribution is -0.163. The number of hydrogen-bond donors (Lipinski definition) is 2. The number of alkyl halides is 2. The molecule has 2 amide bonds. The Morgan fingerprint density at radius 3 is 2.56 bits per heavy atom. The number of piperidine rings is 1. The van der Waals surface area contributed by atoms with E-state index < -0.39 is 17.9 Å². The van der Waals surface area contributed by atoms with Gasteiger partial charge in [0.2, 0.25) is 5.91 Å². The quantitative estimate of drug-likeness (QED) is 0.799. The van der Waals surface area contributed by atoms with Crippen LogP contribution in [0.15, 0.2) is 30.3 Å². The second-order valence-electron chi connectivity index (χ2n) is 5.93. The van der Waals surface area contributed by atoms with E-state index in [-0.39, 0.29) is 49.9 Å². The number of nitrogens with zero attached hydrogens (tertiary/aromatic N) is 1. The molecular formula is C17H24ClF2N3O2. The van der Waals surface area contributed by atoms with Crippen LogP contribution in [0, 0.1) is 0 Å². The van der Waals surface area contributed by atoms with Gasteiger partial charge in [0, 0.05) is 37.7 Å². The second kappa shape index (κ2) is 9.68. The first kappa shape index (κ1) is 21.3. The van der Waals surface area contributed by atoms with Gasteiger partial charge >= 0.3 is 5.92 Å². The van der Waals surface area contributed by atoms with E-state index in [9.17, 15) is 18.4 Å². The maximum Gasteiger partial charge on any atom is 0.349 e. The minimum Gasteiger partial charge on any atom is -0.354 e. The molecule has 0 aliphatic carbocycles. The van der Waals surface area contributed by atoms with Crippen molar-refractivity contribution in [1.29, 1.82) is 0 Å². The molecule has 1 aliphatic rings. The van der Waals surface area contributed by atoms with Crippen molar-refractivity contribution in [3.8, 4) is 0 Å². The summed E-state index contributed by atoms with van der Waals surface area (Å²) in [5, 5.41) is 2.67.